The predicted octanol–water partition coefficient (Wildman–Crippen LogP) is 4.51. The minimum atomic E-state index is -1.18. The molecule has 5 heterocycles. The maximum Gasteiger partial charge on any atom is 0.360 e. The van der Waals surface area contributed by atoms with Crippen LogP contribution in [0.5, 0.6) is 0 Å². The summed E-state index contributed by atoms with van der Waals surface area (Å²) < 4.78 is 14.5. The second-order valence-electron chi connectivity index (χ2n) is 9.84. The average molecular weight is 451 g/mol. The highest BCUT2D eigenvalue weighted by molar-refractivity contribution is 5.90. The number of esters is 1. The molecule has 0 spiro atoms. The molecule has 0 N–H and O–H groups in total. The molecule has 0 radical (unpaired) electrons. The van der Waals surface area contributed by atoms with Crippen LogP contribution < -0.4 is 0 Å². The van der Waals surface area contributed by atoms with Crippen LogP contribution in [0, 0.1) is 17.3 Å². The Labute approximate surface area is 198 Å². The van der Waals surface area contributed by atoms with Crippen molar-refractivity contribution in [1.29, 1.82) is 0 Å². The molecule has 4 aliphatic rings. The number of rotatable bonds is 2. The van der Waals surface area contributed by atoms with Gasteiger partial charge in [-0.1, -0.05) is 55.2 Å². The number of carbonyl (C=O) groups excluding carboxylic acids is 1. The van der Waals surface area contributed by atoms with Gasteiger partial charge in [0, 0.05) is 46.8 Å². The zero-order valence-electron chi connectivity index (χ0n) is 19.4. The van der Waals surface area contributed by atoms with Gasteiger partial charge in [-0.05, 0) is 36.6 Å². The Morgan fingerprint density at radius 3 is 2.74 bits per heavy atom. The van der Waals surface area contributed by atoms with Crippen LogP contribution >= 0.6 is 0 Å². The van der Waals surface area contributed by atoms with E-state index in [0.29, 0.717) is 6.42 Å². The van der Waals surface area contributed by atoms with Gasteiger partial charge in [-0.3, -0.25) is 0 Å². The number of carbonyl (C=O) groups is 1. The summed E-state index contributed by atoms with van der Waals surface area (Å²) >= 11 is 0. The van der Waals surface area contributed by atoms with E-state index in [1.165, 1.54) is 23.8 Å². The highest BCUT2D eigenvalue weighted by Gasteiger charge is 2.71. The van der Waals surface area contributed by atoms with Crippen molar-refractivity contribution in [2.75, 3.05) is 13.7 Å². The van der Waals surface area contributed by atoms with Crippen molar-refractivity contribution in [1.82, 2.24) is 9.47 Å². The van der Waals surface area contributed by atoms with Crippen molar-refractivity contribution in [2.24, 2.45) is 5.41 Å². The molecule has 2 bridgehead atoms. The van der Waals surface area contributed by atoms with Crippen molar-refractivity contribution in [3.8, 4) is 11.8 Å². The van der Waals surface area contributed by atoms with Crippen molar-refractivity contribution < 1.29 is 14.3 Å². The zero-order valence-corrected chi connectivity index (χ0v) is 19.4. The smallest absolute Gasteiger partial charge is 0.360 e. The van der Waals surface area contributed by atoms with Gasteiger partial charge in [0.15, 0.2) is 0 Å². The molecule has 0 amide bonds. The largest absolute Gasteiger partial charge is 0.465 e. The van der Waals surface area contributed by atoms with E-state index >= 15 is 0 Å². The van der Waals surface area contributed by atoms with E-state index < -0.39 is 5.72 Å². The number of methoxy groups -OCH3 is 1. The second kappa shape index (κ2) is 6.77. The number of ether oxygens (including phenoxy) is 2. The number of para-hydroxylation sites is 1. The van der Waals surface area contributed by atoms with E-state index in [-0.39, 0.29) is 23.5 Å². The van der Waals surface area contributed by atoms with Crippen molar-refractivity contribution in [2.45, 2.75) is 44.1 Å². The zero-order chi connectivity index (χ0) is 23.1. The fraction of sp³-hybridized carbons (Fsp3) is 0.345. The SMILES string of the molecule is CC[C@@]12C[C@@]3(C(=O)OC)O[C@@H]1C(C#Cc1ccccc1)=CN1CCc4c(n3c3ccccc43)[C@@H]12. The lowest BCUT2D eigenvalue weighted by atomic mass is 9.62. The number of nitrogens with zero attached hydrogens (tertiary/aromatic N) is 2. The van der Waals surface area contributed by atoms with Crippen LogP contribution in [0.4, 0.5) is 0 Å². The van der Waals surface area contributed by atoms with Crippen LogP contribution in [-0.2, 0) is 26.4 Å². The van der Waals surface area contributed by atoms with Gasteiger partial charge in [-0.25, -0.2) is 4.79 Å². The molecule has 5 heteroatoms. The Kier molecular flexibility index (Phi) is 3.97. The molecular weight excluding hydrogens is 424 g/mol. The molecule has 4 atom stereocenters. The summed E-state index contributed by atoms with van der Waals surface area (Å²) in [6.45, 7) is 3.16. The van der Waals surface area contributed by atoms with Gasteiger partial charge in [0.2, 0.25) is 5.72 Å². The molecule has 1 aromatic heterocycles. The Bertz CT molecular complexity index is 1440. The first-order valence-electron chi connectivity index (χ1n) is 12.1. The Morgan fingerprint density at radius 2 is 1.94 bits per heavy atom. The molecule has 4 aliphatic heterocycles. The fourth-order valence-corrected chi connectivity index (χ4v) is 7.06. The van der Waals surface area contributed by atoms with Crippen LogP contribution in [0.1, 0.15) is 42.6 Å². The van der Waals surface area contributed by atoms with Gasteiger partial charge in [-0.15, -0.1) is 0 Å². The molecular formula is C29H26N2O3. The minimum Gasteiger partial charge on any atom is -0.465 e. The third-order valence-corrected chi connectivity index (χ3v) is 8.42. The molecule has 170 valence electrons. The Hall–Kier alpha value is -3.49. The minimum absolute atomic E-state index is 0.154. The van der Waals surface area contributed by atoms with Gasteiger partial charge in [0.05, 0.1) is 18.7 Å². The summed E-state index contributed by atoms with van der Waals surface area (Å²) in [5.41, 5.74) is 4.11. The highest BCUT2D eigenvalue weighted by atomic mass is 16.6. The number of fused-ring (bicyclic) bond motifs is 5. The lowest BCUT2D eigenvalue weighted by molar-refractivity contribution is -0.180. The normalized spacial score (nSPS) is 29.9. The average Bonchev–Trinajstić information content (AvgIpc) is 3.40. The van der Waals surface area contributed by atoms with Gasteiger partial charge >= 0.3 is 5.97 Å². The molecule has 1 fully saturated rings. The van der Waals surface area contributed by atoms with E-state index in [2.05, 4.69) is 52.6 Å². The van der Waals surface area contributed by atoms with Crippen LogP contribution in [0.25, 0.3) is 10.9 Å². The quantitative estimate of drug-likeness (QED) is 0.426. The number of hydrogen-bond acceptors (Lipinski definition) is 4. The molecule has 5 nitrogen and oxygen atoms in total. The van der Waals surface area contributed by atoms with Crippen molar-refractivity contribution >= 4 is 16.9 Å². The molecule has 3 aromatic rings. The van der Waals surface area contributed by atoms with Crippen LogP contribution in [-0.4, -0.2) is 35.2 Å². The lowest BCUT2D eigenvalue weighted by Crippen LogP contribution is -2.55. The summed E-state index contributed by atoms with van der Waals surface area (Å²) in [5, 5.41) is 1.22. The summed E-state index contributed by atoms with van der Waals surface area (Å²) in [4.78, 5) is 16.0. The predicted molar refractivity (Wildman–Crippen MR) is 129 cm³/mol. The highest BCUT2D eigenvalue weighted by Crippen LogP contribution is 2.67. The maximum atomic E-state index is 13.6. The van der Waals surface area contributed by atoms with Gasteiger partial charge in [0.1, 0.15) is 6.10 Å². The Balaban J connectivity index is 1.51. The molecule has 0 saturated carbocycles. The fourth-order valence-electron chi connectivity index (χ4n) is 7.06. The molecule has 1 saturated heterocycles. The van der Waals surface area contributed by atoms with E-state index in [1.807, 2.05) is 36.4 Å². The van der Waals surface area contributed by atoms with Crippen LogP contribution in [0.15, 0.2) is 66.4 Å². The third kappa shape index (κ3) is 2.27. The van der Waals surface area contributed by atoms with Crippen molar-refractivity contribution in [3.05, 3.63) is 83.2 Å². The molecule has 2 aromatic carbocycles. The Morgan fingerprint density at radius 1 is 1.15 bits per heavy atom. The standard InChI is InChI=1S/C29H26N2O3/c1-3-28-18-29(27(32)33-2)31-23-12-8-7-11-21(23)22-15-16-30(25(28)24(22)31)17-20(26(28)34-29)14-13-19-9-5-4-6-10-19/h4-12,17,25-26H,3,15-16,18H2,1-2H3/t25-,26-,28+,29+/m1/s1. The molecule has 0 unspecified atom stereocenters. The summed E-state index contributed by atoms with van der Waals surface area (Å²) in [7, 11) is 1.46. The van der Waals surface area contributed by atoms with E-state index in [4.69, 9.17) is 9.47 Å². The topological polar surface area (TPSA) is 43.7 Å². The molecule has 7 rings (SSSR count). The van der Waals surface area contributed by atoms with Gasteiger partial charge in [-0.2, -0.15) is 0 Å². The summed E-state index contributed by atoms with van der Waals surface area (Å²) in [6, 6.07) is 18.6. The molecule has 0 aliphatic carbocycles. The van der Waals surface area contributed by atoms with Gasteiger partial charge < -0.3 is 18.9 Å². The number of benzene rings is 2. The third-order valence-electron chi connectivity index (χ3n) is 8.42. The van der Waals surface area contributed by atoms with Crippen LogP contribution in [0.3, 0.4) is 0 Å². The van der Waals surface area contributed by atoms with E-state index in [9.17, 15) is 4.79 Å². The van der Waals surface area contributed by atoms with Crippen LogP contribution in [0.2, 0.25) is 0 Å². The first-order valence-corrected chi connectivity index (χ1v) is 12.1. The maximum absolute atomic E-state index is 13.6. The van der Waals surface area contributed by atoms with Crippen molar-refractivity contribution in [3.63, 3.8) is 0 Å². The summed E-state index contributed by atoms with van der Waals surface area (Å²) in [5.74, 6) is 6.44. The number of hydrogen-bond donors (Lipinski definition) is 0. The monoisotopic (exact) mass is 450 g/mol. The second-order valence-corrected chi connectivity index (χ2v) is 9.84. The first-order chi connectivity index (χ1) is 16.6. The van der Waals surface area contributed by atoms with E-state index in [1.54, 1.807) is 0 Å². The lowest BCUT2D eigenvalue weighted by Gasteiger charge is -2.53. The van der Waals surface area contributed by atoms with Gasteiger partial charge in [0.25, 0.3) is 0 Å². The first kappa shape index (κ1) is 19.9. The summed E-state index contributed by atoms with van der Waals surface area (Å²) in [6.07, 6.45) is 4.34. The van der Waals surface area contributed by atoms with E-state index in [0.717, 1.165) is 36.0 Å². The number of aromatic nitrogens is 1. The molecule has 34 heavy (non-hydrogen) atoms.